The molecule has 0 bridgehead atoms. The molecule has 0 saturated carbocycles. The molecule has 116 valence electrons. The second-order valence-electron chi connectivity index (χ2n) is 5.11. The maximum absolute atomic E-state index is 12.1. The summed E-state index contributed by atoms with van der Waals surface area (Å²) in [7, 11) is 1.49. The summed E-state index contributed by atoms with van der Waals surface area (Å²) in [6, 6.07) is 7.96. The predicted octanol–water partition coefficient (Wildman–Crippen LogP) is 1.61. The molecule has 0 fully saturated rings. The minimum Gasteiger partial charge on any atom is -0.354 e. The third kappa shape index (κ3) is 3.49. The first-order valence-electron chi connectivity index (χ1n) is 7.01. The Bertz CT molecular complexity index is 680. The van der Waals surface area contributed by atoms with E-state index in [0.717, 1.165) is 11.1 Å². The number of rotatable bonds is 5. The van der Waals surface area contributed by atoms with Crippen LogP contribution in [-0.2, 0) is 4.79 Å². The van der Waals surface area contributed by atoms with Crippen LogP contribution in [0, 0.1) is 6.92 Å². The van der Waals surface area contributed by atoms with Crippen LogP contribution in [-0.4, -0.2) is 34.3 Å². The van der Waals surface area contributed by atoms with E-state index in [9.17, 15) is 9.59 Å². The highest BCUT2D eigenvalue weighted by Gasteiger charge is 2.19. The van der Waals surface area contributed by atoms with Crippen LogP contribution in [0.3, 0.4) is 0 Å². The van der Waals surface area contributed by atoms with Gasteiger partial charge in [-0.15, -0.1) is 10.2 Å². The van der Waals surface area contributed by atoms with E-state index in [-0.39, 0.29) is 23.3 Å². The van der Waals surface area contributed by atoms with Crippen LogP contribution in [0.15, 0.2) is 24.3 Å². The topological polar surface area (TPSA) is 99.8 Å². The molecule has 0 saturated heterocycles. The molecule has 1 aromatic carbocycles. The lowest BCUT2D eigenvalue weighted by Gasteiger charge is -2.14. The fourth-order valence-electron chi connectivity index (χ4n) is 2.31. The van der Waals surface area contributed by atoms with Crippen molar-refractivity contribution in [2.75, 3.05) is 12.4 Å². The molecule has 0 aliphatic rings. The van der Waals surface area contributed by atoms with Gasteiger partial charge in [-0.3, -0.25) is 9.59 Å². The van der Waals surface area contributed by atoms with E-state index in [4.69, 9.17) is 0 Å². The summed E-state index contributed by atoms with van der Waals surface area (Å²) in [6.45, 7) is 4.01. The highest BCUT2D eigenvalue weighted by Crippen LogP contribution is 2.23. The van der Waals surface area contributed by atoms with Crippen LogP contribution in [0.2, 0.25) is 0 Å². The third-order valence-electron chi connectivity index (χ3n) is 3.46. The first-order chi connectivity index (χ1) is 10.5. The van der Waals surface area contributed by atoms with Gasteiger partial charge in [0.15, 0.2) is 11.5 Å². The molecular weight excluding hydrogens is 282 g/mol. The molecular formula is C15H19N5O2. The van der Waals surface area contributed by atoms with Crippen LogP contribution in [0.1, 0.15) is 40.9 Å². The van der Waals surface area contributed by atoms with E-state index in [0.29, 0.717) is 6.42 Å². The van der Waals surface area contributed by atoms with Gasteiger partial charge < -0.3 is 10.6 Å². The minimum absolute atomic E-state index is 0.0663. The molecule has 2 amide bonds. The van der Waals surface area contributed by atoms with Crippen molar-refractivity contribution in [3.63, 3.8) is 0 Å². The lowest BCUT2D eigenvalue weighted by atomic mass is 9.93. The van der Waals surface area contributed by atoms with Gasteiger partial charge in [0.25, 0.3) is 5.91 Å². The number of carbonyl (C=O) groups excluding carboxylic acids is 2. The van der Waals surface area contributed by atoms with Crippen molar-refractivity contribution in [3.8, 4) is 0 Å². The average Bonchev–Trinajstić information content (AvgIpc) is 2.94. The second-order valence-corrected chi connectivity index (χ2v) is 5.11. The maximum atomic E-state index is 12.1. The summed E-state index contributed by atoms with van der Waals surface area (Å²) in [6.07, 6.45) is 0.297. The summed E-state index contributed by atoms with van der Waals surface area (Å²) >= 11 is 0. The Balaban J connectivity index is 2.03. The largest absolute Gasteiger partial charge is 0.354 e. The number of aromatic amines is 1. The van der Waals surface area contributed by atoms with Gasteiger partial charge in [0.05, 0.1) is 0 Å². The van der Waals surface area contributed by atoms with Crippen molar-refractivity contribution in [2.45, 2.75) is 26.2 Å². The lowest BCUT2D eigenvalue weighted by Crippen LogP contribution is -2.22. The summed E-state index contributed by atoms with van der Waals surface area (Å²) in [5, 5.41) is 14.9. The van der Waals surface area contributed by atoms with Crippen molar-refractivity contribution in [3.05, 3.63) is 41.1 Å². The van der Waals surface area contributed by atoms with Crippen molar-refractivity contribution in [1.29, 1.82) is 0 Å². The molecule has 3 N–H and O–H groups in total. The van der Waals surface area contributed by atoms with E-state index in [1.54, 1.807) is 0 Å². The standard InChI is InChI=1S/C15H19N5O2/c1-9-6-4-5-7-11(9)10(2)8-12(21)17-14-13(15(22)16-3)18-20-19-14/h4-7,10H,8H2,1-3H3,(H,16,22)(H2,17,18,19,20,21)/t10-/m0/s1. The number of aromatic nitrogens is 3. The van der Waals surface area contributed by atoms with Crippen LogP contribution >= 0.6 is 0 Å². The Hall–Kier alpha value is -2.70. The van der Waals surface area contributed by atoms with E-state index in [1.807, 2.05) is 38.1 Å². The van der Waals surface area contributed by atoms with Gasteiger partial charge >= 0.3 is 0 Å². The van der Waals surface area contributed by atoms with Gasteiger partial charge in [0.2, 0.25) is 5.91 Å². The molecule has 0 aliphatic heterocycles. The SMILES string of the molecule is CNC(=O)c1n[nH]nc1NC(=O)C[C@H](C)c1ccccc1C. The van der Waals surface area contributed by atoms with Crippen LogP contribution in [0.25, 0.3) is 0 Å². The monoisotopic (exact) mass is 301 g/mol. The fourth-order valence-corrected chi connectivity index (χ4v) is 2.31. The Morgan fingerprint density at radius 1 is 1.27 bits per heavy atom. The second kappa shape index (κ2) is 6.84. The van der Waals surface area contributed by atoms with Crippen molar-refractivity contribution in [1.82, 2.24) is 20.7 Å². The summed E-state index contributed by atoms with van der Waals surface area (Å²) < 4.78 is 0. The highest BCUT2D eigenvalue weighted by molar-refractivity contribution is 6.01. The molecule has 7 heteroatoms. The Kier molecular flexibility index (Phi) is 4.88. The lowest BCUT2D eigenvalue weighted by molar-refractivity contribution is -0.116. The first-order valence-corrected chi connectivity index (χ1v) is 7.01. The summed E-state index contributed by atoms with van der Waals surface area (Å²) in [5.41, 5.74) is 2.35. The number of carbonyl (C=O) groups is 2. The van der Waals surface area contributed by atoms with Gasteiger partial charge in [0.1, 0.15) is 0 Å². The fraction of sp³-hybridized carbons (Fsp3) is 0.333. The van der Waals surface area contributed by atoms with Gasteiger partial charge in [-0.25, -0.2) is 0 Å². The molecule has 1 aromatic heterocycles. The number of nitrogens with one attached hydrogen (secondary N) is 3. The molecule has 1 heterocycles. The van der Waals surface area contributed by atoms with Crippen molar-refractivity contribution in [2.24, 2.45) is 0 Å². The normalized spacial score (nSPS) is 11.8. The van der Waals surface area contributed by atoms with Crippen LogP contribution in [0.5, 0.6) is 0 Å². The van der Waals surface area contributed by atoms with Gasteiger partial charge in [-0.2, -0.15) is 5.21 Å². The van der Waals surface area contributed by atoms with Gasteiger partial charge in [0, 0.05) is 13.5 Å². The predicted molar refractivity (Wildman–Crippen MR) is 82.6 cm³/mol. The molecule has 0 aliphatic carbocycles. The minimum atomic E-state index is -0.406. The molecule has 0 radical (unpaired) electrons. The maximum Gasteiger partial charge on any atom is 0.275 e. The molecule has 22 heavy (non-hydrogen) atoms. The zero-order chi connectivity index (χ0) is 16.1. The summed E-state index contributed by atoms with van der Waals surface area (Å²) in [4.78, 5) is 23.7. The number of benzene rings is 1. The average molecular weight is 301 g/mol. The zero-order valence-electron chi connectivity index (χ0n) is 12.8. The number of amides is 2. The van der Waals surface area contributed by atoms with E-state index in [1.165, 1.54) is 7.05 Å². The number of hydrogen-bond donors (Lipinski definition) is 3. The van der Waals surface area contributed by atoms with Gasteiger partial charge in [-0.05, 0) is 24.0 Å². The number of aryl methyl sites for hydroxylation is 1. The first kappa shape index (κ1) is 15.7. The number of hydrogen-bond acceptors (Lipinski definition) is 4. The number of anilines is 1. The third-order valence-corrected chi connectivity index (χ3v) is 3.46. The highest BCUT2D eigenvalue weighted by atomic mass is 16.2. The van der Waals surface area contributed by atoms with Crippen LogP contribution in [0.4, 0.5) is 5.82 Å². The smallest absolute Gasteiger partial charge is 0.275 e. The molecule has 2 aromatic rings. The summed E-state index contributed by atoms with van der Waals surface area (Å²) in [5.74, 6) is -0.413. The van der Waals surface area contributed by atoms with Gasteiger partial charge in [-0.1, -0.05) is 31.2 Å². The number of H-pyrrole nitrogens is 1. The van der Waals surface area contributed by atoms with Crippen LogP contribution < -0.4 is 10.6 Å². The van der Waals surface area contributed by atoms with Crippen molar-refractivity contribution < 1.29 is 9.59 Å². The molecule has 1 atom stereocenters. The molecule has 7 nitrogen and oxygen atoms in total. The quantitative estimate of drug-likeness (QED) is 0.781. The van der Waals surface area contributed by atoms with Crippen molar-refractivity contribution >= 4 is 17.6 Å². The Morgan fingerprint density at radius 3 is 2.68 bits per heavy atom. The number of nitrogens with zero attached hydrogens (tertiary/aromatic N) is 2. The molecule has 2 rings (SSSR count). The van der Waals surface area contributed by atoms with E-state index in [2.05, 4.69) is 26.0 Å². The molecule has 0 spiro atoms. The Morgan fingerprint density at radius 2 is 2.00 bits per heavy atom. The molecule has 0 unspecified atom stereocenters. The Labute approximate surface area is 128 Å². The van der Waals surface area contributed by atoms with E-state index < -0.39 is 5.91 Å². The van der Waals surface area contributed by atoms with E-state index >= 15 is 0 Å². The zero-order valence-corrected chi connectivity index (χ0v) is 12.8.